The average Bonchev–Trinajstić information content (AvgIpc) is 3.32. The van der Waals surface area contributed by atoms with Crippen LogP contribution in [0.1, 0.15) is 49.0 Å². The van der Waals surface area contributed by atoms with Gasteiger partial charge in [-0.2, -0.15) is 0 Å². The molecule has 3 aliphatic heterocycles. The largest absolute Gasteiger partial charge is 0.370 e. The summed E-state index contributed by atoms with van der Waals surface area (Å²) >= 11 is 6.32. The van der Waals surface area contributed by atoms with Gasteiger partial charge in [-0.25, -0.2) is 4.68 Å². The number of benzene rings is 1. The van der Waals surface area contributed by atoms with Crippen molar-refractivity contribution in [3.63, 3.8) is 0 Å². The first-order valence-electron chi connectivity index (χ1n) is 10.8. The molecule has 0 N–H and O–H groups in total. The van der Waals surface area contributed by atoms with Gasteiger partial charge in [-0.1, -0.05) is 22.9 Å². The number of halogens is 1. The molecule has 1 aromatic carbocycles. The Labute approximate surface area is 181 Å². The molecule has 0 bridgehead atoms. The molecule has 0 radical (unpaired) electrons. The Morgan fingerprint density at radius 1 is 1.37 bits per heavy atom. The lowest BCUT2D eigenvalue weighted by atomic mass is 9.77. The van der Waals surface area contributed by atoms with E-state index in [2.05, 4.69) is 34.3 Å². The number of likely N-dealkylation sites (tertiary alicyclic amines) is 2. The summed E-state index contributed by atoms with van der Waals surface area (Å²) in [4.78, 5) is 16.0. The molecule has 1 unspecified atom stereocenters. The van der Waals surface area contributed by atoms with Crippen molar-refractivity contribution in [1.82, 2.24) is 24.8 Å². The Morgan fingerprint density at radius 3 is 3.00 bits per heavy atom. The van der Waals surface area contributed by atoms with E-state index in [9.17, 15) is 4.79 Å². The van der Waals surface area contributed by atoms with Crippen molar-refractivity contribution in [2.45, 2.75) is 56.8 Å². The lowest BCUT2D eigenvalue weighted by Gasteiger charge is -2.48. The van der Waals surface area contributed by atoms with Crippen LogP contribution in [-0.4, -0.2) is 63.5 Å². The van der Waals surface area contributed by atoms with Gasteiger partial charge in [-0.3, -0.25) is 9.69 Å². The van der Waals surface area contributed by atoms with Crippen molar-refractivity contribution in [3.05, 3.63) is 46.2 Å². The highest BCUT2D eigenvalue weighted by Gasteiger charge is 2.43. The third-order valence-corrected chi connectivity index (χ3v) is 7.22. The Bertz CT molecular complexity index is 963. The maximum atomic E-state index is 11.8. The van der Waals surface area contributed by atoms with Crippen LogP contribution in [0.5, 0.6) is 0 Å². The van der Waals surface area contributed by atoms with E-state index in [-0.39, 0.29) is 17.6 Å². The molecule has 5 rings (SSSR count). The highest BCUT2D eigenvalue weighted by molar-refractivity contribution is 6.30. The lowest BCUT2D eigenvalue weighted by molar-refractivity contribution is -0.126. The number of hydrogen-bond acceptors (Lipinski definition) is 5. The first kappa shape index (κ1) is 20.0. The molecule has 0 saturated carbocycles. The Morgan fingerprint density at radius 2 is 2.23 bits per heavy atom. The van der Waals surface area contributed by atoms with E-state index in [1.165, 1.54) is 11.1 Å². The van der Waals surface area contributed by atoms with Crippen LogP contribution in [0.2, 0.25) is 5.02 Å². The van der Waals surface area contributed by atoms with Gasteiger partial charge in [-0.15, -0.1) is 5.10 Å². The van der Waals surface area contributed by atoms with E-state index in [4.69, 9.17) is 16.3 Å². The summed E-state index contributed by atoms with van der Waals surface area (Å²) in [6, 6.07) is 6.68. The van der Waals surface area contributed by atoms with Crippen molar-refractivity contribution in [2.75, 3.05) is 26.7 Å². The number of hydrogen-bond donors (Lipinski definition) is 0. The summed E-state index contributed by atoms with van der Waals surface area (Å²) < 4.78 is 8.25. The van der Waals surface area contributed by atoms with Gasteiger partial charge in [0.15, 0.2) is 0 Å². The number of amides is 1. The van der Waals surface area contributed by atoms with E-state index in [1.54, 1.807) is 4.90 Å². The van der Waals surface area contributed by atoms with Gasteiger partial charge in [-0.05, 0) is 49.4 Å². The number of aromatic nitrogens is 3. The molecule has 2 saturated heterocycles. The molecule has 160 valence electrons. The molecule has 7 nitrogen and oxygen atoms in total. The number of ether oxygens (including phenoxy) is 1. The molecular weight excluding hydrogens is 402 g/mol. The topological polar surface area (TPSA) is 63.5 Å². The summed E-state index contributed by atoms with van der Waals surface area (Å²) in [5.41, 5.74) is 3.35. The van der Waals surface area contributed by atoms with Gasteiger partial charge < -0.3 is 9.64 Å². The average molecular weight is 430 g/mol. The fourth-order valence-electron chi connectivity index (χ4n) is 5.28. The van der Waals surface area contributed by atoms with Crippen molar-refractivity contribution in [2.24, 2.45) is 0 Å². The predicted octanol–water partition coefficient (Wildman–Crippen LogP) is 2.79. The number of rotatable bonds is 3. The van der Waals surface area contributed by atoms with Gasteiger partial charge in [0.25, 0.3) is 0 Å². The molecule has 2 aromatic rings. The number of carbonyl (C=O) groups is 1. The minimum Gasteiger partial charge on any atom is -0.370 e. The summed E-state index contributed by atoms with van der Waals surface area (Å²) in [6.45, 7) is 5.42. The van der Waals surface area contributed by atoms with Crippen LogP contribution in [0.4, 0.5) is 0 Å². The lowest BCUT2D eigenvalue weighted by Crippen LogP contribution is -2.50. The molecular formula is C22H28ClN5O2. The highest BCUT2D eigenvalue weighted by atomic mass is 35.5. The van der Waals surface area contributed by atoms with E-state index in [0.717, 1.165) is 49.7 Å². The van der Waals surface area contributed by atoms with Crippen molar-refractivity contribution < 1.29 is 9.53 Å². The monoisotopic (exact) mass is 429 g/mol. The Balaban J connectivity index is 1.28. The highest BCUT2D eigenvalue weighted by Crippen LogP contribution is 2.44. The van der Waals surface area contributed by atoms with Crippen LogP contribution in [-0.2, 0) is 28.1 Å². The van der Waals surface area contributed by atoms with Gasteiger partial charge in [0.2, 0.25) is 5.91 Å². The van der Waals surface area contributed by atoms with Crippen LogP contribution in [0.3, 0.4) is 0 Å². The summed E-state index contributed by atoms with van der Waals surface area (Å²) in [7, 11) is 1.84. The first-order chi connectivity index (χ1) is 14.4. The zero-order chi connectivity index (χ0) is 20.9. The fraction of sp³-hybridized carbons (Fsp3) is 0.591. The normalized spacial score (nSPS) is 29.6. The Kier molecular flexibility index (Phi) is 5.08. The number of carbonyl (C=O) groups excluding carboxylic acids is 1. The van der Waals surface area contributed by atoms with Crippen LogP contribution in [0.15, 0.2) is 24.4 Å². The molecule has 3 aliphatic rings. The SMILES string of the molecule is C[C@H]1C[C@@]2(CCN1Cc1cn(C3CC(=O)N(C)C3)nn1)OCCc1ccc(Cl)cc12. The van der Waals surface area contributed by atoms with Crippen LogP contribution >= 0.6 is 11.6 Å². The standard InChI is InChI=1S/C22H28ClN5O2/c1-15-11-22(20-9-17(23)4-3-16(20)5-8-30-22)6-7-27(15)12-18-13-28(25-24-18)19-10-21(29)26(2)14-19/h3-4,9,13,15,19H,5-8,10-12,14H2,1-2H3/t15-,19?,22+/m0/s1. The third kappa shape index (κ3) is 3.53. The summed E-state index contributed by atoms with van der Waals surface area (Å²) in [5.74, 6) is 0.167. The van der Waals surface area contributed by atoms with E-state index < -0.39 is 0 Å². The molecule has 2 fully saturated rings. The van der Waals surface area contributed by atoms with Gasteiger partial charge >= 0.3 is 0 Å². The van der Waals surface area contributed by atoms with Crippen molar-refractivity contribution in [3.8, 4) is 0 Å². The smallest absolute Gasteiger partial charge is 0.224 e. The second kappa shape index (κ2) is 7.62. The summed E-state index contributed by atoms with van der Waals surface area (Å²) in [5, 5.41) is 9.46. The van der Waals surface area contributed by atoms with E-state index in [1.807, 2.05) is 24.0 Å². The third-order valence-electron chi connectivity index (χ3n) is 6.98. The fourth-order valence-corrected chi connectivity index (χ4v) is 5.45. The number of piperidine rings is 1. The quantitative estimate of drug-likeness (QED) is 0.750. The van der Waals surface area contributed by atoms with Gasteiger partial charge in [0.05, 0.1) is 36.6 Å². The molecule has 8 heteroatoms. The predicted molar refractivity (Wildman–Crippen MR) is 113 cm³/mol. The van der Waals surface area contributed by atoms with E-state index >= 15 is 0 Å². The second-order valence-corrected chi connectivity index (χ2v) is 9.43. The molecule has 3 atom stereocenters. The van der Waals surface area contributed by atoms with Gasteiger partial charge in [0, 0.05) is 37.7 Å². The zero-order valence-corrected chi connectivity index (χ0v) is 18.3. The second-order valence-electron chi connectivity index (χ2n) is 8.99. The minimum atomic E-state index is -0.235. The number of fused-ring (bicyclic) bond motifs is 2. The number of likely N-dealkylation sites (N-methyl/N-ethyl adjacent to an activating group) is 1. The van der Waals surface area contributed by atoms with Gasteiger partial charge in [0.1, 0.15) is 0 Å². The van der Waals surface area contributed by atoms with E-state index in [0.29, 0.717) is 19.0 Å². The first-order valence-corrected chi connectivity index (χ1v) is 11.1. The minimum absolute atomic E-state index is 0.0858. The van der Waals surface area contributed by atoms with Crippen LogP contribution < -0.4 is 0 Å². The van der Waals surface area contributed by atoms with Crippen molar-refractivity contribution >= 4 is 17.5 Å². The molecule has 0 aliphatic carbocycles. The summed E-state index contributed by atoms with van der Waals surface area (Å²) in [6.07, 6.45) is 5.34. The van der Waals surface area contributed by atoms with Crippen molar-refractivity contribution in [1.29, 1.82) is 0 Å². The molecule has 30 heavy (non-hydrogen) atoms. The van der Waals surface area contributed by atoms with Crippen LogP contribution in [0, 0.1) is 0 Å². The molecule has 1 spiro atoms. The molecule has 1 amide bonds. The number of nitrogens with zero attached hydrogens (tertiary/aromatic N) is 5. The maximum Gasteiger partial charge on any atom is 0.224 e. The molecule has 4 heterocycles. The molecule has 1 aromatic heterocycles. The van der Waals surface area contributed by atoms with Crippen LogP contribution in [0.25, 0.3) is 0 Å². The Hall–Kier alpha value is -1.96. The maximum absolute atomic E-state index is 11.8. The zero-order valence-electron chi connectivity index (χ0n) is 17.6.